The van der Waals surface area contributed by atoms with Gasteiger partial charge >= 0.3 is 6.18 Å². The van der Waals surface area contributed by atoms with Crippen LogP contribution in [0.3, 0.4) is 0 Å². The lowest BCUT2D eigenvalue weighted by molar-refractivity contribution is -0.141. The third kappa shape index (κ3) is 5.19. The topological polar surface area (TPSA) is 114 Å². The second-order valence-corrected chi connectivity index (χ2v) is 13.2. The van der Waals surface area contributed by atoms with Crippen LogP contribution in [0, 0.1) is 32.0 Å². The lowest BCUT2D eigenvalue weighted by Gasteiger charge is -2.27. The number of aromatic nitrogens is 5. The molecule has 2 fully saturated rings. The maximum Gasteiger partial charge on any atom is 0.433 e. The molecule has 1 aliphatic carbocycles. The minimum atomic E-state index is -4.92. The SMILES string of the molecule is CC(=O)c1cn(CC(=O)N2C3C[C@]3(C)C[C@H]2C(=O)Nc2nc(C(F)(F)F)cc(F)c2C)c2c(C)cc(-c3cnc4cc(C)nn4c3)cc12. The lowest BCUT2D eigenvalue weighted by Crippen LogP contribution is -2.46. The van der Waals surface area contributed by atoms with Crippen molar-refractivity contribution in [3.8, 4) is 11.1 Å². The van der Waals surface area contributed by atoms with E-state index in [-0.39, 0.29) is 47.7 Å². The van der Waals surface area contributed by atoms with Crippen molar-refractivity contribution >= 4 is 40.0 Å². The van der Waals surface area contributed by atoms with E-state index in [1.54, 1.807) is 21.5 Å². The lowest BCUT2D eigenvalue weighted by atomic mass is 10.0. The van der Waals surface area contributed by atoms with Crippen LogP contribution in [-0.4, -0.2) is 58.7 Å². The molecule has 5 aromatic rings. The van der Waals surface area contributed by atoms with E-state index in [4.69, 9.17) is 0 Å². The molecule has 1 saturated heterocycles. The Labute approximate surface area is 271 Å². The number of ketones is 1. The Kier molecular flexibility index (Phi) is 7.01. The molecule has 248 valence electrons. The monoisotopic (exact) mass is 661 g/mol. The average Bonchev–Trinajstić information content (AvgIpc) is 3.27. The summed E-state index contributed by atoms with van der Waals surface area (Å²) in [6.07, 6.45) is 1.27. The third-order valence-electron chi connectivity index (χ3n) is 9.58. The molecular weight excluding hydrogens is 630 g/mol. The maximum absolute atomic E-state index is 14.4. The predicted octanol–water partition coefficient (Wildman–Crippen LogP) is 6.05. The normalized spacial score (nSPS) is 20.4. The minimum absolute atomic E-state index is 0.185. The molecule has 1 unspecified atom stereocenters. The van der Waals surface area contributed by atoms with E-state index in [2.05, 4.69) is 20.4 Å². The molecule has 2 amide bonds. The van der Waals surface area contributed by atoms with Gasteiger partial charge in [-0.2, -0.15) is 18.3 Å². The first-order chi connectivity index (χ1) is 22.5. The molecule has 3 atom stereocenters. The van der Waals surface area contributed by atoms with Gasteiger partial charge in [-0.25, -0.2) is 18.9 Å². The number of piperidine rings is 1. The van der Waals surface area contributed by atoms with Gasteiger partial charge in [0.1, 0.15) is 29.9 Å². The maximum atomic E-state index is 14.4. The van der Waals surface area contributed by atoms with Crippen molar-refractivity contribution in [2.75, 3.05) is 5.32 Å². The number of carbonyl (C=O) groups excluding carboxylic acids is 3. The summed E-state index contributed by atoms with van der Waals surface area (Å²) in [5, 5.41) is 7.45. The van der Waals surface area contributed by atoms with Crippen molar-refractivity contribution in [3.63, 3.8) is 0 Å². The van der Waals surface area contributed by atoms with Crippen molar-refractivity contribution < 1.29 is 31.9 Å². The first kappa shape index (κ1) is 31.5. The Morgan fingerprint density at radius 1 is 1.04 bits per heavy atom. The van der Waals surface area contributed by atoms with E-state index in [1.165, 1.54) is 18.7 Å². The first-order valence-electron chi connectivity index (χ1n) is 15.4. The number of nitrogens with zero attached hydrogens (tertiary/aromatic N) is 6. The number of halogens is 4. The number of alkyl halides is 3. The van der Waals surface area contributed by atoms with E-state index in [1.807, 2.05) is 45.2 Å². The van der Waals surface area contributed by atoms with Crippen LogP contribution in [-0.2, 0) is 22.3 Å². The number of benzene rings is 1. The summed E-state index contributed by atoms with van der Waals surface area (Å²) < 4.78 is 57.8. The fourth-order valence-electron chi connectivity index (χ4n) is 7.00. The second kappa shape index (κ2) is 10.7. The Morgan fingerprint density at radius 2 is 1.79 bits per heavy atom. The van der Waals surface area contributed by atoms with E-state index in [0.717, 1.165) is 22.4 Å². The van der Waals surface area contributed by atoms with Gasteiger partial charge in [-0.1, -0.05) is 6.92 Å². The van der Waals surface area contributed by atoms with E-state index in [0.29, 0.717) is 28.5 Å². The van der Waals surface area contributed by atoms with Crippen molar-refractivity contribution in [3.05, 3.63) is 76.8 Å². The molecule has 0 bridgehead atoms. The number of aryl methyl sites for hydroxylation is 2. The zero-order valence-electron chi connectivity index (χ0n) is 26.7. The number of nitrogens with one attached hydrogen (secondary N) is 1. The number of pyridine rings is 1. The van der Waals surface area contributed by atoms with Crippen molar-refractivity contribution in [2.45, 2.75) is 72.3 Å². The molecule has 48 heavy (non-hydrogen) atoms. The highest BCUT2D eigenvalue weighted by atomic mass is 19.4. The summed E-state index contributed by atoms with van der Waals surface area (Å²) in [5.74, 6) is -3.03. The van der Waals surface area contributed by atoms with Crippen molar-refractivity contribution in [1.29, 1.82) is 0 Å². The second-order valence-electron chi connectivity index (χ2n) is 13.2. The summed E-state index contributed by atoms with van der Waals surface area (Å²) in [4.78, 5) is 49.8. The van der Waals surface area contributed by atoms with Crippen LogP contribution in [0.2, 0.25) is 0 Å². The molecule has 7 rings (SSSR count). The quantitative estimate of drug-likeness (QED) is 0.175. The van der Waals surface area contributed by atoms with Crippen LogP contribution in [0.4, 0.5) is 23.4 Å². The van der Waals surface area contributed by atoms with Crippen LogP contribution >= 0.6 is 0 Å². The predicted molar refractivity (Wildman–Crippen MR) is 168 cm³/mol. The number of rotatable bonds is 6. The van der Waals surface area contributed by atoms with Gasteiger partial charge in [0.2, 0.25) is 11.8 Å². The van der Waals surface area contributed by atoms with Gasteiger partial charge in [-0.05, 0) is 69.2 Å². The zero-order chi connectivity index (χ0) is 34.4. The summed E-state index contributed by atoms with van der Waals surface area (Å²) in [6, 6.07) is 4.72. The fourth-order valence-corrected chi connectivity index (χ4v) is 7.00. The number of carbonyl (C=O) groups is 3. The smallest absolute Gasteiger partial charge is 0.337 e. The molecule has 4 aromatic heterocycles. The summed E-state index contributed by atoms with van der Waals surface area (Å²) in [6.45, 7) is 8.19. The Morgan fingerprint density at radius 3 is 2.50 bits per heavy atom. The molecule has 1 aromatic carbocycles. The van der Waals surface area contributed by atoms with Gasteiger partial charge in [-0.15, -0.1) is 0 Å². The number of likely N-dealkylation sites (tertiary alicyclic amines) is 1. The molecule has 1 aliphatic heterocycles. The number of anilines is 1. The molecule has 2 aliphatic rings. The van der Waals surface area contributed by atoms with Gasteiger partial charge in [0.25, 0.3) is 0 Å². The van der Waals surface area contributed by atoms with E-state index in [9.17, 15) is 31.9 Å². The fraction of sp³-hybridized carbons (Fsp3) is 0.353. The molecule has 0 spiro atoms. The van der Waals surface area contributed by atoms with E-state index < -0.39 is 35.5 Å². The molecular formula is C34H31F4N7O3. The van der Waals surface area contributed by atoms with Crippen LogP contribution in [0.5, 0.6) is 0 Å². The van der Waals surface area contributed by atoms with Gasteiger partial charge in [0, 0.05) is 58.8 Å². The third-order valence-corrected chi connectivity index (χ3v) is 9.58. The number of Topliss-reactive ketones (excluding diaryl/α,β-unsaturated/α-hetero) is 1. The molecule has 1 N–H and O–H groups in total. The molecule has 0 radical (unpaired) electrons. The largest absolute Gasteiger partial charge is 0.433 e. The number of hydrogen-bond donors (Lipinski definition) is 1. The molecule has 10 nitrogen and oxygen atoms in total. The molecule has 14 heteroatoms. The van der Waals surface area contributed by atoms with E-state index >= 15 is 0 Å². The Bertz CT molecular complexity index is 2200. The van der Waals surface area contributed by atoms with Gasteiger partial charge < -0.3 is 14.8 Å². The zero-order valence-corrected chi connectivity index (χ0v) is 26.7. The molecule has 1 saturated carbocycles. The molecule has 5 heterocycles. The highest BCUT2D eigenvalue weighted by Crippen LogP contribution is 2.59. The number of hydrogen-bond acceptors (Lipinski definition) is 6. The van der Waals surface area contributed by atoms with Crippen LogP contribution in [0.1, 0.15) is 59.6 Å². The first-order valence-corrected chi connectivity index (χ1v) is 15.4. The average molecular weight is 662 g/mol. The van der Waals surface area contributed by atoms with Gasteiger partial charge in [0.15, 0.2) is 11.4 Å². The standard InChI is InChI=1S/C34H31F4N7O3/c1-16-6-20(21-12-39-28-7-17(2)42-44(28)13-21)8-22-23(19(4)46)14-43(30(16)22)15-29(47)45-25(10-33(5)11-27(33)45)32(48)41-31-18(3)24(35)9-26(40-31)34(36,37)38/h6-9,12-14,25,27H,10-11,15H2,1-5H3,(H,40,41,48)/t25-,27?,33-/m0/s1. The Hall–Kier alpha value is -5.14. The van der Waals surface area contributed by atoms with Crippen LogP contribution in [0.15, 0.2) is 42.9 Å². The van der Waals surface area contributed by atoms with Gasteiger partial charge in [0.05, 0.1) is 11.2 Å². The summed E-state index contributed by atoms with van der Waals surface area (Å²) >= 11 is 0. The Balaban J connectivity index is 1.20. The van der Waals surface area contributed by atoms with Gasteiger partial charge in [-0.3, -0.25) is 14.4 Å². The number of fused-ring (bicyclic) bond motifs is 3. The summed E-state index contributed by atoms with van der Waals surface area (Å²) in [7, 11) is 0. The van der Waals surface area contributed by atoms with Crippen LogP contribution in [0.25, 0.3) is 27.7 Å². The number of amides is 2. The highest BCUT2D eigenvalue weighted by molar-refractivity contribution is 6.09. The summed E-state index contributed by atoms with van der Waals surface area (Å²) in [5.41, 5.74) is 2.99. The van der Waals surface area contributed by atoms with Crippen molar-refractivity contribution in [1.82, 2.24) is 29.0 Å². The van der Waals surface area contributed by atoms with Crippen molar-refractivity contribution in [2.24, 2.45) is 5.41 Å². The van der Waals surface area contributed by atoms with Crippen LogP contribution < -0.4 is 5.32 Å². The highest BCUT2D eigenvalue weighted by Gasteiger charge is 2.64. The minimum Gasteiger partial charge on any atom is -0.337 e.